The number of fused-ring (bicyclic) bond motifs is 1. The maximum atomic E-state index is 11.6. The molecule has 0 fully saturated rings. The summed E-state index contributed by atoms with van der Waals surface area (Å²) in [7, 11) is 0. The Morgan fingerprint density at radius 3 is 2.65 bits per heavy atom. The van der Waals surface area contributed by atoms with Crippen LogP contribution < -0.4 is 5.32 Å². The number of aromatic nitrogens is 1. The van der Waals surface area contributed by atoms with Crippen LogP contribution in [0.1, 0.15) is 18.4 Å². The molecule has 3 rings (SSSR count). The lowest BCUT2D eigenvalue weighted by Crippen LogP contribution is -2.08. The Balaban J connectivity index is 2.07. The molecule has 1 aliphatic rings. The second-order valence-electron chi connectivity index (χ2n) is 4.25. The monoisotopic (exact) mass is 224 g/mol. The van der Waals surface area contributed by atoms with Crippen LogP contribution in [0.4, 0.5) is 5.69 Å². The van der Waals surface area contributed by atoms with Crippen molar-refractivity contribution in [2.45, 2.75) is 12.8 Å². The lowest BCUT2D eigenvalue weighted by molar-refractivity contribution is -0.116. The van der Waals surface area contributed by atoms with Gasteiger partial charge in [-0.15, -0.1) is 0 Å². The van der Waals surface area contributed by atoms with Crippen molar-refractivity contribution in [3.63, 3.8) is 0 Å². The van der Waals surface area contributed by atoms with E-state index < -0.39 is 0 Å². The molecule has 1 aromatic carbocycles. The van der Waals surface area contributed by atoms with Gasteiger partial charge in [-0.3, -0.25) is 9.78 Å². The van der Waals surface area contributed by atoms with Gasteiger partial charge in [0.25, 0.3) is 0 Å². The van der Waals surface area contributed by atoms with Crippen molar-refractivity contribution in [3.05, 3.63) is 48.3 Å². The van der Waals surface area contributed by atoms with E-state index in [-0.39, 0.29) is 11.8 Å². The molecular formula is C14H12N2O. The first kappa shape index (κ1) is 10.0. The quantitative estimate of drug-likeness (QED) is 0.809. The van der Waals surface area contributed by atoms with Gasteiger partial charge in [0.05, 0.1) is 5.92 Å². The highest BCUT2D eigenvalue weighted by molar-refractivity contribution is 6.03. The van der Waals surface area contributed by atoms with Crippen LogP contribution in [-0.2, 0) is 4.79 Å². The number of pyridine rings is 1. The van der Waals surface area contributed by atoms with Gasteiger partial charge < -0.3 is 5.32 Å². The van der Waals surface area contributed by atoms with Gasteiger partial charge in [-0.25, -0.2) is 0 Å². The van der Waals surface area contributed by atoms with E-state index in [1.807, 2.05) is 37.3 Å². The molecule has 0 saturated heterocycles. The third-order valence-electron chi connectivity index (χ3n) is 3.18. The summed E-state index contributed by atoms with van der Waals surface area (Å²) in [5.41, 5.74) is 4.21. The molecule has 2 heterocycles. The van der Waals surface area contributed by atoms with Gasteiger partial charge in [0, 0.05) is 18.1 Å². The normalized spacial score (nSPS) is 17.7. The number of hydrogen-bond donors (Lipinski definition) is 1. The Kier molecular flexibility index (Phi) is 2.18. The maximum absolute atomic E-state index is 11.6. The van der Waals surface area contributed by atoms with Crippen LogP contribution in [0.2, 0.25) is 0 Å². The number of rotatable bonds is 1. The molecule has 2 aromatic rings. The Morgan fingerprint density at radius 1 is 1.12 bits per heavy atom. The van der Waals surface area contributed by atoms with Gasteiger partial charge in [0.1, 0.15) is 0 Å². The zero-order valence-electron chi connectivity index (χ0n) is 9.47. The molecule has 1 aliphatic heterocycles. The predicted molar refractivity (Wildman–Crippen MR) is 66.7 cm³/mol. The topological polar surface area (TPSA) is 42.0 Å². The second kappa shape index (κ2) is 3.70. The van der Waals surface area contributed by atoms with Crippen LogP contribution >= 0.6 is 0 Å². The van der Waals surface area contributed by atoms with E-state index in [4.69, 9.17) is 0 Å². The number of nitrogens with zero attached hydrogens (tertiary/aromatic N) is 1. The average Bonchev–Trinajstić information content (AvgIpc) is 2.66. The minimum Gasteiger partial charge on any atom is -0.325 e. The average molecular weight is 224 g/mol. The van der Waals surface area contributed by atoms with E-state index in [9.17, 15) is 4.79 Å². The minimum atomic E-state index is -0.0449. The highest BCUT2D eigenvalue weighted by Crippen LogP contribution is 2.35. The minimum absolute atomic E-state index is 0.0449. The van der Waals surface area contributed by atoms with E-state index in [1.54, 1.807) is 12.4 Å². The molecular weight excluding hydrogens is 212 g/mol. The van der Waals surface area contributed by atoms with E-state index in [2.05, 4.69) is 10.3 Å². The molecule has 3 nitrogen and oxygen atoms in total. The molecule has 17 heavy (non-hydrogen) atoms. The summed E-state index contributed by atoms with van der Waals surface area (Å²) >= 11 is 0. The summed E-state index contributed by atoms with van der Waals surface area (Å²) in [6.07, 6.45) is 3.54. The van der Waals surface area contributed by atoms with Gasteiger partial charge in [0.2, 0.25) is 5.91 Å². The molecule has 3 heteroatoms. The predicted octanol–water partition coefficient (Wildman–Crippen LogP) is 2.80. The van der Waals surface area contributed by atoms with Gasteiger partial charge in [0.15, 0.2) is 0 Å². The summed E-state index contributed by atoms with van der Waals surface area (Å²) in [6.45, 7) is 1.92. The van der Waals surface area contributed by atoms with E-state index in [0.717, 1.165) is 22.4 Å². The van der Waals surface area contributed by atoms with Crippen molar-refractivity contribution >= 4 is 11.6 Å². The van der Waals surface area contributed by atoms with Crippen molar-refractivity contribution in [1.82, 2.24) is 4.98 Å². The van der Waals surface area contributed by atoms with Crippen molar-refractivity contribution in [3.8, 4) is 11.1 Å². The fourth-order valence-electron chi connectivity index (χ4n) is 2.15. The van der Waals surface area contributed by atoms with Gasteiger partial charge in [-0.1, -0.05) is 12.1 Å². The molecule has 1 N–H and O–H groups in total. The first-order valence-electron chi connectivity index (χ1n) is 5.61. The van der Waals surface area contributed by atoms with Gasteiger partial charge >= 0.3 is 0 Å². The molecule has 0 radical (unpaired) electrons. The standard InChI is InChI=1S/C14H12N2O/c1-9-12-3-2-11(8-13(12)16-14(9)17)10-4-6-15-7-5-10/h2-9H,1H3,(H,16,17). The summed E-state index contributed by atoms with van der Waals surface area (Å²) in [5.74, 6) is 0.0309. The fraction of sp³-hybridized carbons (Fsp3) is 0.143. The highest BCUT2D eigenvalue weighted by atomic mass is 16.2. The molecule has 1 amide bonds. The van der Waals surface area contributed by atoms with Crippen molar-refractivity contribution in [1.29, 1.82) is 0 Å². The van der Waals surface area contributed by atoms with Crippen molar-refractivity contribution in [2.75, 3.05) is 5.32 Å². The number of benzene rings is 1. The van der Waals surface area contributed by atoms with Crippen LogP contribution in [0.3, 0.4) is 0 Å². The first-order chi connectivity index (χ1) is 8.25. The third-order valence-corrected chi connectivity index (χ3v) is 3.18. The van der Waals surface area contributed by atoms with Crippen molar-refractivity contribution < 1.29 is 4.79 Å². The molecule has 0 bridgehead atoms. The molecule has 1 aromatic heterocycles. The fourth-order valence-corrected chi connectivity index (χ4v) is 2.15. The smallest absolute Gasteiger partial charge is 0.231 e. The number of anilines is 1. The van der Waals surface area contributed by atoms with Crippen LogP contribution in [0.25, 0.3) is 11.1 Å². The lowest BCUT2D eigenvalue weighted by Gasteiger charge is -2.05. The number of carbonyl (C=O) groups is 1. The Morgan fingerprint density at radius 2 is 1.88 bits per heavy atom. The summed E-state index contributed by atoms with van der Waals surface area (Å²) in [5, 5.41) is 2.90. The number of nitrogens with one attached hydrogen (secondary N) is 1. The summed E-state index contributed by atoms with van der Waals surface area (Å²) < 4.78 is 0. The zero-order chi connectivity index (χ0) is 11.8. The number of carbonyl (C=O) groups excluding carboxylic acids is 1. The molecule has 0 spiro atoms. The largest absolute Gasteiger partial charge is 0.325 e. The van der Waals surface area contributed by atoms with Crippen LogP contribution in [-0.4, -0.2) is 10.9 Å². The molecule has 1 atom stereocenters. The lowest BCUT2D eigenvalue weighted by atomic mass is 9.99. The zero-order valence-corrected chi connectivity index (χ0v) is 9.47. The Labute approximate surface area is 99.5 Å². The SMILES string of the molecule is CC1C(=O)Nc2cc(-c3ccncc3)ccc21. The van der Waals surface area contributed by atoms with Crippen molar-refractivity contribution in [2.24, 2.45) is 0 Å². The Hall–Kier alpha value is -2.16. The number of amides is 1. The van der Waals surface area contributed by atoms with E-state index in [1.165, 1.54) is 0 Å². The molecule has 0 saturated carbocycles. The molecule has 1 unspecified atom stereocenters. The van der Waals surface area contributed by atoms with Crippen LogP contribution in [0.5, 0.6) is 0 Å². The van der Waals surface area contributed by atoms with Crippen LogP contribution in [0, 0.1) is 0 Å². The summed E-state index contributed by atoms with van der Waals surface area (Å²) in [6, 6.07) is 10.0. The first-order valence-corrected chi connectivity index (χ1v) is 5.61. The van der Waals surface area contributed by atoms with E-state index >= 15 is 0 Å². The third kappa shape index (κ3) is 1.60. The van der Waals surface area contributed by atoms with Gasteiger partial charge in [-0.05, 0) is 41.8 Å². The number of hydrogen-bond acceptors (Lipinski definition) is 2. The molecule has 84 valence electrons. The van der Waals surface area contributed by atoms with Crippen LogP contribution in [0.15, 0.2) is 42.7 Å². The Bertz CT molecular complexity index is 578. The maximum Gasteiger partial charge on any atom is 0.231 e. The van der Waals surface area contributed by atoms with Gasteiger partial charge in [-0.2, -0.15) is 0 Å². The van der Waals surface area contributed by atoms with E-state index in [0.29, 0.717) is 0 Å². The summed E-state index contributed by atoms with van der Waals surface area (Å²) in [4.78, 5) is 15.6. The second-order valence-corrected chi connectivity index (χ2v) is 4.25. The molecule has 0 aliphatic carbocycles. The highest BCUT2D eigenvalue weighted by Gasteiger charge is 2.26.